The molecule has 3 rings (SSSR count). The molecule has 4 amide bonds. The zero-order valence-corrected chi connectivity index (χ0v) is 16.1. The number of benzene rings is 1. The lowest BCUT2D eigenvalue weighted by atomic mass is 10.1. The van der Waals surface area contributed by atoms with Crippen molar-refractivity contribution in [3.63, 3.8) is 0 Å². The highest BCUT2D eigenvalue weighted by molar-refractivity contribution is 6.30. The fourth-order valence-corrected chi connectivity index (χ4v) is 2.67. The first-order chi connectivity index (χ1) is 13.8. The summed E-state index contributed by atoms with van der Waals surface area (Å²) in [5, 5.41) is 5.37. The zero-order valence-electron chi connectivity index (χ0n) is 15.3. The van der Waals surface area contributed by atoms with Gasteiger partial charge in [0.2, 0.25) is 5.91 Å². The Morgan fingerprint density at radius 3 is 2.76 bits per heavy atom. The number of nitrogens with one attached hydrogen (secondary N) is 2. The second-order valence-corrected chi connectivity index (χ2v) is 6.67. The number of esters is 1. The zero-order chi connectivity index (χ0) is 21.0. The van der Waals surface area contributed by atoms with Gasteiger partial charge in [0.1, 0.15) is 5.82 Å². The quantitative estimate of drug-likeness (QED) is 0.549. The molecule has 9 nitrogen and oxygen atoms in total. The number of urea groups is 1. The van der Waals surface area contributed by atoms with Crippen LogP contribution in [0.3, 0.4) is 0 Å². The van der Waals surface area contributed by atoms with Gasteiger partial charge in [-0.05, 0) is 36.8 Å². The molecule has 29 heavy (non-hydrogen) atoms. The number of carbonyl (C=O) groups is 4. The number of hydrogen-bond donors (Lipinski definition) is 2. The van der Waals surface area contributed by atoms with Crippen molar-refractivity contribution in [2.24, 2.45) is 0 Å². The molecule has 2 aromatic rings. The highest BCUT2D eigenvalue weighted by Gasteiger charge is 2.28. The molecule has 10 heteroatoms. The maximum Gasteiger partial charge on any atom is 0.338 e. The largest absolute Gasteiger partial charge is 0.449 e. The summed E-state index contributed by atoms with van der Waals surface area (Å²) >= 11 is 5.74. The number of imide groups is 1. The third-order valence-corrected chi connectivity index (χ3v) is 4.30. The SMILES string of the molecule is CC(OC(=O)c1cccc(CN2C(=O)CNC2=O)c1)C(=O)Nc1ccc(Cl)cn1. The summed E-state index contributed by atoms with van der Waals surface area (Å²) < 4.78 is 5.20. The van der Waals surface area contributed by atoms with Crippen molar-refractivity contribution in [1.82, 2.24) is 15.2 Å². The highest BCUT2D eigenvalue weighted by atomic mass is 35.5. The lowest BCUT2D eigenvalue weighted by molar-refractivity contribution is -0.125. The Bertz CT molecular complexity index is 947. The minimum absolute atomic E-state index is 0.0318. The lowest BCUT2D eigenvalue weighted by Gasteiger charge is -2.15. The molecule has 0 radical (unpaired) electrons. The molecular formula is C19H17ClN4O5. The van der Waals surface area contributed by atoms with Crippen LogP contribution in [-0.4, -0.2) is 46.3 Å². The molecule has 1 atom stereocenters. The third kappa shape index (κ3) is 5.08. The Labute approximate surface area is 171 Å². The number of aromatic nitrogens is 1. The van der Waals surface area contributed by atoms with Crippen molar-refractivity contribution < 1.29 is 23.9 Å². The molecule has 1 aliphatic heterocycles. The third-order valence-electron chi connectivity index (χ3n) is 4.07. The van der Waals surface area contributed by atoms with Gasteiger partial charge in [0.05, 0.1) is 23.7 Å². The lowest BCUT2D eigenvalue weighted by Crippen LogP contribution is -2.31. The Kier molecular flexibility index (Phi) is 6.08. The number of ether oxygens (including phenoxy) is 1. The molecule has 1 aromatic carbocycles. The summed E-state index contributed by atoms with van der Waals surface area (Å²) in [6.45, 7) is 1.42. The minimum atomic E-state index is -1.07. The van der Waals surface area contributed by atoms with Crippen molar-refractivity contribution in [3.05, 3.63) is 58.7 Å². The number of amides is 4. The maximum absolute atomic E-state index is 12.4. The van der Waals surface area contributed by atoms with Crippen LogP contribution >= 0.6 is 11.6 Å². The van der Waals surface area contributed by atoms with Gasteiger partial charge in [-0.3, -0.25) is 14.5 Å². The minimum Gasteiger partial charge on any atom is -0.449 e. The van der Waals surface area contributed by atoms with E-state index >= 15 is 0 Å². The van der Waals surface area contributed by atoms with Crippen LogP contribution in [0.5, 0.6) is 0 Å². The van der Waals surface area contributed by atoms with Gasteiger partial charge in [0.25, 0.3) is 5.91 Å². The van der Waals surface area contributed by atoms with Crippen molar-refractivity contribution in [1.29, 1.82) is 0 Å². The van der Waals surface area contributed by atoms with Crippen molar-refractivity contribution >= 4 is 41.2 Å². The fourth-order valence-electron chi connectivity index (χ4n) is 2.55. The van der Waals surface area contributed by atoms with E-state index in [0.717, 1.165) is 4.90 Å². The molecule has 0 bridgehead atoms. The van der Waals surface area contributed by atoms with Gasteiger partial charge >= 0.3 is 12.0 Å². The van der Waals surface area contributed by atoms with E-state index in [1.165, 1.54) is 31.3 Å². The Balaban J connectivity index is 1.61. The van der Waals surface area contributed by atoms with E-state index in [1.807, 2.05) is 0 Å². The Morgan fingerprint density at radius 2 is 2.10 bits per heavy atom. The Hall–Kier alpha value is -3.46. The second kappa shape index (κ2) is 8.70. The highest BCUT2D eigenvalue weighted by Crippen LogP contribution is 2.14. The molecule has 2 heterocycles. The van der Waals surface area contributed by atoms with Crippen LogP contribution in [0.15, 0.2) is 42.6 Å². The smallest absolute Gasteiger partial charge is 0.338 e. The number of hydrogen-bond acceptors (Lipinski definition) is 6. The first-order valence-corrected chi connectivity index (χ1v) is 9.02. The van der Waals surface area contributed by atoms with Crippen molar-refractivity contribution in [2.45, 2.75) is 19.6 Å². The summed E-state index contributed by atoms with van der Waals surface area (Å²) in [7, 11) is 0. The van der Waals surface area contributed by atoms with E-state index in [9.17, 15) is 19.2 Å². The average Bonchev–Trinajstić information content (AvgIpc) is 3.02. The van der Waals surface area contributed by atoms with Crippen LogP contribution in [0.25, 0.3) is 0 Å². The normalized spacial score (nSPS) is 14.3. The molecule has 0 aliphatic carbocycles. The topological polar surface area (TPSA) is 118 Å². The van der Waals surface area contributed by atoms with Gasteiger partial charge in [-0.15, -0.1) is 0 Å². The van der Waals surface area contributed by atoms with Gasteiger partial charge in [-0.2, -0.15) is 0 Å². The van der Waals surface area contributed by atoms with Gasteiger partial charge in [0.15, 0.2) is 6.10 Å². The van der Waals surface area contributed by atoms with E-state index in [2.05, 4.69) is 15.6 Å². The van der Waals surface area contributed by atoms with Crippen LogP contribution in [0.1, 0.15) is 22.8 Å². The molecule has 0 saturated carbocycles. The van der Waals surface area contributed by atoms with E-state index in [1.54, 1.807) is 18.2 Å². The standard InChI is InChI=1S/C19H17ClN4O5/c1-11(17(26)23-15-6-5-14(20)8-21-15)29-18(27)13-4-2-3-12(7-13)10-24-16(25)9-22-19(24)28/h2-8,11H,9-10H2,1H3,(H,22,28)(H,21,23,26). The van der Waals surface area contributed by atoms with E-state index in [-0.39, 0.29) is 30.4 Å². The first-order valence-electron chi connectivity index (χ1n) is 8.64. The molecule has 1 aliphatic rings. The van der Waals surface area contributed by atoms with Gasteiger partial charge < -0.3 is 15.4 Å². The van der Waals surface area contributed by atoms with E-state index in [0.29, 0.717) is 10.6 Å². The number of halogens is 1. The number of rotatable bonds is 6. The van der Waals surface area contributed by atoms with Crippen LogP contribution in [0.4, 0.5) is 10.6 Å². The number of carbonyl (C=O) groups excluding carboxylic acids is 4. The monoisotopic (exact) mass is 416 g/mol. The molecule has 0 spiro atoms. The maximum atomic E-state index is 12.4. The van der Waals surface area contributed by atoms with Crippen LogP contribution in [-0.2, 0) is 20.9 Å². The second-order valence-electron chi connectivity index (χ2n) is 6.24. The first kappa shape index (κ1) is 20.3. The van der Waals surface area contributed by atoms with Crippen molar-refractivity contribution in [3.8, 4) is 0 Å². The van der Waals surface area contributed by atoms with Crippen LogP contribution in [0, 0.1) is 0 Å². The average molecular weight is 417 g/mol. The Morgan fingerprint density at radius 1 is 1.31 bits per heavy atom. The number of pyridine rings is 1. The predicted octanol–water partition coefficient (Wildman–Crippen LogP) is 1.97. The summed E-state index contributed by atoms with van der Waals surface area (Å²) in [6.07, 6.45) is 0.305. The summed E-state index contributed by atoms with van der Waals surface area (Å²) in [4.78, 5) is 52.9. The molecular weight excluding hydrogens is 400 g/mol. The summed E-state index contributed by atoms with van der Waals surface area (Å²) in [5.74, 6) is -1.33. The molecule has 1 unspecified atom stereocenters. The van der Waals surface area contributed by atoms with Crippen LogP contribution in [0.2, 0.25) is 5.02 Å². The fraction of sp³-hybridized carbons (Fsp3) is 0.211. The van der Waals surface area contributed by atoms with Gasteiger partial charge in [-0.25, -0.2) is 14.6 Å². The molecule has 1 saturated heterocycles. The van der Waals surface area contributed by atoms with E-state index < -0.39 is 24.0 Å². The number of nitrogens with zero attached hydrogens (tertiary/aromatic N) is 2. The summed E-state index contributed by atoms with van der Waals surface area (Å²) in [6, 6.07) is 8.91. The molecule has 1 fully saturated rings. The van der Waals surface area contributed by atoms with Crippen LogP contribution < -0.4 is 10.6 Å². The van der Waals surface area contributed by atoms with E-state index in [4.69, 9.17) is 16.3 Å². The predicted molar refractivity (Wildman–Crippen MR) is 103 cm³/mol. The van der Waals surface area contributed by atoms with Gasteiger partial charge in [0, 0.05) is 6.20 Å². The number of anilines is 1. The molecule has 2 N–H and O–H groups in total. The molecule has 150 valence electrons. The molecule has 1 aromatic heterocycles. The van der Waals surface area contributed by atoms with Crippen molar-refractivity contribution in [2.75, 3.05) is 11.9 Å². The summed E-state index contributed by atoms with van der Waals surface area (Å²) in [5.41, 5.74) is 0.770. The van der Waals surface area contributed by atoms with Gasteiger partial charge in [-0.1, -0.05) is 23.7 Å².